The fourth-order valence-corrected chi connectivity index (χ4v) is 1.56. The number of sulfonamides is 1. The Morgan fingerprint density at radius 3 is 2.73 bits per heavy atom. The van der Waals surface area contributed by atoms with Gasteiger partial charge in [-0.25, -0.2) is 13.1 Å². The zero-order valence-corrected chi connectivity index (χ0v) is 9.34. The number of hydrogen-bond donors (Lipinski definition) is 1. The van der Waals surface area contributed by atoms with Gasteiger partial charge in [-0.1, -0.05) is 0 Å². The molecule has 0 aliphatic carbocycles. The highest BCUT2D eigenvalue weighted by atomic mass is 32.2. The molecule has 0 aliphatic rings. The van der Waals surface area contributed by atoms with Gasteiger partial charge < -0.3 is 4.74 Å². The van der Waals surface area contributed by atoms with E-state index >= 15 is 0 Å². The molecule has 6 nitrogen and oxygen atoms in total. The molecule has 15 heavy (non-hydrogen) atoms. The van der Waals surface area contributed by atoms with Crippen LogP contribution in [0.3, 0.4) is 0 Å². The van der Waals surface area contributed by atoms with E-state index in [-0.39, 0.29) is 18.9 Å². The molecule has 0 saturated carbocycles. The molecule has 0 spiro atoms. The van der Waals surface area contributed by atoms with Gasteiger partial charge in [0.1, 0.15) is 0 Å². The highest BCUT2D eigenvalue weighted by Crippen LogP contribution is 1.92. The number of rotatable bonds is 7. The Bertz CT molecular complexity index is 331. The zero-order valence-electron chi connectivity index (χ0n) is 8.52. The topological polar surface area (TPSA) is 96.3 Å². The maximum Gasteiger partial charge on any atom is 0.305 e. The van der Waals surface area contributed by atoms with Gasteiger partial charge in [-0.05, 0) is 13.3 Å². The van der Waals surface area contributed by atoms with Crippen molar-refractivity contribution in [3.63, 3.8) is 0 Å². The third-order valence-electron chi connectivity index (χ3n) is 1.44. The van der Waals surface area contributed by atoms with E-state index in [1.165, 1.54) is 6.07 Å². The van der Waals surface area contributed by atoms with Crippen molar-refractivity contribution in [3.8, 4) is 6.07 Å². The number of esters is 1. The second kappa shape index (κ2) is 7.20. The molecule has 7 heteroatoms. The summed E-state index contributed by atoms with van der Waals surface area (Å²) in [6.07, 6.45) is 0.534. The van der Waals surface area contributed by atoms with E-state index in [9.17, 15) is 13.2 Å². The summed E-state index contributed by atoms with van der Waals surface area (Å²) in [6, 6.07) is 1.54. The van der Waals surface area contributed by atoms with E-state index in [1.54, 1.807) is 6.92 Å². The van der Waals surface area contributed by atoms with Crippen LogP contribution in [0.15, 0.2) is 0 Å². The van der Waals surface area contributed by atoms with E-state index in [0.717, 1.165) is 0 Å². The normalized spacial score (nSPS) is 10.7. The maximum atomic E-state index is 11.0. The van der Waals surface area contributed by atoms with E-state index in [0.29, 0.717) is 13.0 Å². The molecule has 0 amide bonds. The molecule has 0 heterocycles. The monoisotopic (exact) mass is 234 g/mol. The number of hydrogen-bond acceptors (Lipinski definition) is 5. The lowest BCUT2D eigenvalue weighted by Crippen LogP contribution is -2.27. The van der Waals surface area contributed by atoms with Crippen LogP contribution in [0.25, 0.3) is 0 Å². The van der Waals surface area contributed by atoms with Crippen LogP contribution < -0.4 is 4.72 Å². The summed E-state index contributed by atoms with van der Waals surface area (Å²) < 4.78 is 28.8. The van der Waals surface area contributed by atoms with E-state index in [2.05, 4.69) is 9.46 Å². The number of ether oxygens (including phenoxy) is 1. The molecular formula is C8H14N2O4S. The van der Waals surface area contributed by atoms with Crippen molar-refractivity contribution in [1.29, 1.82) is 5.26 Å². The van der Waals surface area contributed by atoms with Gasteiger partial charge in [0, 0.05) is 13.0 Å². The Kier molecular flexibility index (Phi) is 6.66. The molecule has 0 atom stereocenters. The molecule has 0 aromatic heterocycles. The molecular weight excluding hydrogens is 220 g/mol. The third-order valence-corrected chi connectivity index (χ3v) is 2.59. The molecule has 0 unspecified atom stereocenters. The van der Waals surface area contributed by atoms with Crippen LogP contribution in [0.4, 0.5) is 0 Å². The molecule has 0 aromatic rings. The first-order chi connectivity index (χ1) is 7.02. The second-order valence-electron chi connectivity index (χ2n) is 2.72. The molecule has 0 aromatic carbocycles. The number of carbonyl (C=O) groups is 1. The van der Waals surface area contributed by atoms with Crippen molar-refractivity contribution < 1.29 is 17.9 Å². The summed E-state index contributed by atoms with van der Waals surface area (Å²) >= 11 is 0. The van der Waals surface area contributed by atoms with Gasteiger partial charge in [0.25, 0.3) is 0 Å². The zero-order chi connectivity index (χ0) is 11.7. The van der Waals surface area contributed by atoms with Crippen LogP contribution in [0, 0.1) is 11.3 Å². The average Bonchev–Trinajstić information content (AvgIpc) is 2.13. The Hall–Kier alpha value is -1.13. The number of nitrogens with one attached hydrogen (secondary N) is 1. The lowest BCUT2D eigenvalue weighted by atomic mass is 10.3. The fraction of sp³-hybridized carbons (Fsp3) is 0.750. The minimum atomic E-state index is -3.51. The van der Waals surface area contributed by atoms with Crippen LogP contribution in [0.1, 0.15) is 19.8 Å². The summed E-state index contributed by atoms with van der Waals surface area (Å²) in [7, 11) is -3.51. The van der Waals surface area contributed by atoms with Crippen molar-refractivity contribution in [2.24, 2.45) is 0 Å². The summed E-state index contributed by atoms with van der Waals surface area (Å²) in [5.41, 5.74) is 0. The Morgan fingerprint density at radius 1 is 1.53 bits per heavy atom. The summed E-state index contributed by atoms with van der Waals surface area (Å²) in [5.74, 6) is -0.913. The van der Waals surface area contributed by atoms with Crippen molar-refractivity contribution >= 4 is 16.0 Å². The van der Waals surface area contributed by atoms with Crippen LogP contribution in [0.5, 0.6) is 0 Å². The minimum absolute atomic E-state index is 0.142. The van der Waals surface area contributed by atoms with Gasteiger partial charge in [-0.2, -0.15) is 5.26 Å². The quantitative estimate of drug-likeness (QED) is 0.485. The number of carbonyl (C=O) groups excluding carboxylic acids is 1. The Morgan fingerprint density at radius 2 is 2.20 bits per heavy atom. The Balaban J connectivity index is 3.64. The van der Waals surface area contributed by atoms with Crippen LogP contribution in [0.2, 0.25) is 0 Å². The number of nitrogens with zero attached hydrogens (tertiary/aromatic N) is 1. The predicted octanol–water partition coefficient (Wildman–Crippen LogP) is -0.227. The standard InChI is InChI=1S/C8H14N2O4S/c1-2-14-8(11)4-3-6-10-15(12,13)7-5-9/h10H,2-4,6-7H2,1H3. The molecule has 1 N–H and O–H groups in total. The van der Waals surface area contributed by atoms with Gasteiger partial charge in [-0.3, -0.25) is 4.79 Å². The molecule has 0 aliphatic heterocycles. The average molecular weight is 234 g/mol. The SMILES string of the molecule is CCOC(=O)CCCNS(=O)(=O)CC#N. The maximum absolute atomic E-state index is 11.0. The number of nitriles is 1. The summed E-state index contributed by atoms with van der Waals surface area (Å²) in [6.45, 7) is 2.16. The molecule has 0 radical (unpaired) electrons. The van der Waals surface area contributed by atoms with Crippen molar-refractivity contribution in [3.05, 3.63) is 0 Å². The lowest BCUT2D eigenvalue weighted by molar-refractivity contribution is -0.143. The van der Waals surface area contributed by atoms with Crippen molar-refractivity contribution in [1.82, 2.24) is 4.72 Å². The first kappa shape index (κ1) is 13.9. The van der Waals surface area contributed by atoms with Gasteiger partial charge in [0.05, 0.1) is 12.7 Å². The van der Waals surface area contributed by atoms with Gasteiger partial charge >= 0.3 is 5.97 Å². The highest BCUT2D eigenvalue weighted by molar-refractivity contribution is 7.89. The largest absolute Gasteiger partial charge is 0.466 e. The first-order valence-corrected chi connectivity index (χ1v) is 6.17. The molecule has 0 saturated heterocycles. The van der Waals surface area contributed by atoms with Crippen molar-refractivity contribution in [2.45, 2.75) is 19.8 Å². The lowest BCUT2D eigenvalue weighted by Gasteiger charge is -2.03. The van der Waals surface area contributed by atoms with Crippen LogP contribution >= 0.6 is 0 Å². The molecule has 0 bridgehead atoms. The predicted molar refractivity (Wildman–Crippen MR) is 53.3 cm³/mol. The second-order valence-corrected chi connectivity index (χ2v) is 4.53. The van der Waals surface area contributed by atoms with Crippen molar-refractivity contribution in [2.75, 3.05) is 18.9 Å². The highest BCUT2D eigenvalue weighted by Gasteiger charge is 2.08. The smallest absolute Gasteiger partial charge is 0.305 e. The van der Waals surface area contributed by atoms with Crippen LogP contribution in [-0.4, -0.2) is 33.3 Å². The molecule has 0 fully saturated rings. The third kappa shape index (κ3) is 7.90. The van der Waals surface area contributed by atoms with Gasteiger partial charge in [-0.15, -0.1) is 0 Å². The molecule has 0 rings (SSSR count). The van der Waals surface area contributed by atoms with E-state index in [4.69, 9.17) is 5.26 Å². The summed E-state index contributed by atoms with van der Waals surface area (Å²) in [5, 5.41) is 8.17. The van der Waals surface area contributed by atoms with E-state index < -0.39 is 15.8 Å². The fourth-order valence-electron chi connectivity index (χ4n) is 0.830. The summed E-state index contributed by atoms with van der Waals surface area (Å²) in [4.78, 5) is 10.8. The molecule has 86 valence electrons. The minimum Gasteiger partial charge on any atom is -0.466 e. The Labute approximate surface area is 89.3 Å². The first-order valence-electron chi connectivity index (χ1n) is 4.51. The van der Waals surface area contributed by atoms with Gasteiger partial charge in [0.2, 0.25) is 10.0 Å². The van der Waals surface area contributed by atoms with E-state index in [1.807, 2.05) is 0 Å². The van der Waals surface area contributed by atoms with Crippen LogP contribution in [-0.2, 0) is 19.6 Å². The van der Waals surface area contributed by atoms with Gasteiger partial charge in [0.15, 0.2) is 5.75 Å².